The molecule has 21 heavy (non-hydrogen) atoms. The molecule has 112 valence electrons. The van der Waals surface area contributed by atoms with Crippen molar-refractivity contribution in [3.8, 4) is 5.75 Å². The van der Waals surface area contributed by atoms with Gasteiger partial charge >= 0.3 is 6.18 Å². The van der Waals surface area contributed by atoms with Crippen LogP contribution in [0.2, 0.25) is 0 Å². The first kappa shape index (κ1) is 15.0. The fourth-order valence-electron chi connectivity index (χ4n) is 1.84. The van der Waals surface area contributed by atoms with E-state index in [1.807, 2.05) is 0 Å². The van der Waals surface area contributed by atoms with Crippen LogP contribution in [0.3, 0.4) is 0 Å². The van der Waals surface area contributed by atoms with E-state index >= 15 is 0 Å². The lowest BCUT2D eigenvalue weighted by atomic mass is 10.2. The number of hydrogen-bond donors (Lipinski definition) is 2. The third-order valence-electron chi connectivity index (χ3n) is 2.80. The van der Waals surface area contributed by atoms with E-state index in [-0.39, 0.29) is 18.0 Å². The Morgan fingerprint density at radius 2 is 1.86 bits per heavy atom. The van der Waals surface area contributed by atoms with Crippen LogP contribution in [0.1, 0.15) is 16.1 Å². The van der Waals surface area contributed by atoms with Gasteiger partial charge < -0.3 is 15.0 Å². The number of amides is 1. The number of alkyl halides is 3. The summed E-state index contributed by atoms with van der Waals surface area (Å²) in [4.78, 5) is 11.9. The molecule has 2 rings (SSSR count). The van der Waals surface area contributed by atoms with Crippen molar-refractivity contribution >= 4 is 5.91 Å². The number of hydrogen-bond acceptors (Lipinski definition) is 2. The van der Waals surface area contributed by atoms with E-state index in [0.717, 1.165) is 10.1 Å². The Morgan fingerprint density at radius 1 is 1.19 bits per heavy atom. The van der Waals surface area contributed by atoms with Crippen LogP contribution in [0.15, 0.2) is 42.6 Å². The summed E-state index contributed by atoms with van der Waals surface area (Å²) in [5.74, 6) is -0.485. The molecule has 0 aliphatic carbocycles. The highest BCUT2D eigenvalue weighted by atomic mass is 19.4. The molecule has 1 aromatic carbocycles. The Morgan fingerprint density at radius 3 is 2.48 bits per heavy atom. The summed E-state index contributed by atoms with van der Waals surface area (Å²) in [6, 6.07) is 8.88. The van der Waals surface area contributed by atoms with Crippen LogP contribution in [0, 0.1) is 0 Å². The zero-order valence-electron chi connectivity index (χ0n) is 10.9. The number of phenolic OH excluding ortho intramolecular Hbond substituents is 1. The molecule has 7 heteroatoms. The molecule has 0 radical (unpaired) electrons. The molecule has 0 atom stereocenters. The maximum absolute atomic E-state index is 12.4. The van der Waals surface area contributed by atoms with Crippen LogP contribution < -0.4 is 5.32 Å². The molecule has 2 aromatic rings. The molecule has 0 aliphatic rings. The summed E-state index contributed by atoms with van der Waals surface area (Å²) in [6.45, 7) is -1.04. The lowest BCUT2D eigenvalue weighted by molar-refractivity contribution is -0.140. The van der Waals surface area contributed by atoms with E-state index in [9.17, 15) is 18.0 Å². The minimum Gasteiger partial charge on any atom is -0.508 e. The maximum atomic E-state index is 12.4. The van der Waals surface area contributed by atoms with Gasteiger partial charge in [0.1, 0.15) is 18.0 Å². The number of aromatic nitrogens is 1. The van der Waals surface area contributed by atoms with Crippen LogP contribution in [0.5, 0.6) is 5.75 Å². The summed E-state index contributed by atoms with van der Waals surface area (Å²) in [7, 11) is 0. The highest BCUT2D eigenvalue weighted by Gasteiger charge is 2.29. The third kappa shape index (κ3) is 4.27. The van der Waals surface area contributed by atoms with E-state index in [1.54, 1.807) is 12.1 Å². The average Bonchev–Trinajstić information content (AvgIpc) is 2.83. The quantitative estimate of drug-likeness (QED) is 0.912. The molecule has 0 bridgehead atoms. The fraction of sp³-hybridized carbons (Fsp3) is 0.214. The Hall–Kier alpha value is -2.44. The second-order valence-corrected chi connectivity index (χ2v) is 4.49. The first-order valence-electron chi connectivity index (χ1n) is 6.13. The molecule has 0 saturated heterocycles. The maximum Gasteiger partial charge on any atom is 0.406 e. The van der Waals surface area contributed by atoms with Gasteiger partial charge in [0, 0.05) is 12.7 Å². The molecule has 0 aliphatic heterocycles. The van der Waals surface area contributed by atoms with E-state index < -0.39 is 18.6 Å². The lowest BCUT2D eigenvalue weighted by Gasteiger charge is -2.12. The Kier molecular flexibility index (Phi) is 4.21. The summed E-state index contributed by atoms with van der Waals surface area (Å²) < 4.78 is 38.0. The summed E-state index contributed by atoms with van der Waals surface area (Å²) in [5.41, 5.74) is 0.682. The smallest absolute Gasteiger partial charge is 0.406 e. The molecule has 1 heterocycles. The fourth-order valence-corrected chi connectivity index (χ4v) is 1.84. The highest BCUT2D eigenvalue weighted by molar-refractivity contribution is 5.92. The Bertz CT molecular complexity index is 618. The van der Waals surface area contributed by atoms with Crippen molar-refractivity contribution in [1.82, 2.24) is 9.88 Å². The zero-order valence-corrected chi connectivity index (χ0v) is 10.9. The standard InChI is InChI=1S/C14H13F3N2O2/c15-14(16,17)9-19-7-1-2-12(19)13(21)18-8-10-3-5-11(20)6-4-10/h1-7,20H,8-9H2,(H,18,21). The number of phenols is 1. The molecule has 1 aromatic heterocycles. The van der Waals surface area contributed by atoms with Gasteiger partial charge in [-0.05, 0) is 29.8 Å². The number of benzene rings is 1. The van der Waals surface area contributed by atoms with Crippen molar-refractivity contribution in [2.45, 2.75) is 19.3 Å². The van der Waals surface area contributed by atoms with Crippen LogP contribution in [0.4, 0.5) is 13.2 Å². The van der Waals surface area contributed by atoms with Gasteiger partial charge in [-0.15, -0.1) is 0 Å². The topological polar surface area (TPSA) is 54.3 Å². The summed E-state index contributed by atoms with van der Waals surface area (Å²) >= 11 is 0. The van der Waals surface area contributed by atoms with Gasteiger partial charge in [-0.25, -0.2) is 0 Å². The largest absolute Gasteiger partial charge is 0.508 e. The Labute approximate surface area is 118 Å². The summed E-state index contributed by atoms with van der Waals surface area (Å²) in [5, 5.41) is 11.7. The van der Waals surface area contributed by atoms with Crippen molar-refractivity contribution in [1.29, 1.82) is 0 Å². The monoisotopic (exact) mass is 298 g/mol. The van der Waals surface area contributed by atoms with E-state index in [0.29, 0.717) is 0 Å². The van der Waals surface area contributed by atoms with Gasteiger partial charge in [0.05, 0.1) is 0 Å². The van der Waals surface area contributed by atoms with Crippen molar-refractivity contribution < 1.29 is 23.1 Å². The second-order valence-electron chi connectivity index (χ2n) is 4.49. The van der Waals surface area contributed by atoms with Gasteiger partial charge in [0.15, 0.2) is 0 Å². The van der Waals surface area contributed by atoms with Crippen molar-refractivity contribution in [2.24, 2.45) is 0 Å². The molecule has 0 spiro atoms. The highest BCUT2D eigenvalue weighted by Crippen LogP contribution is 2.19. The molecule has 4 nitrogen and oxygen atoms in total. The zero-order chi connectivity index (χ0) is 15.5. The molecule has 0 fully saturated rings. The molecular formula is C14H13F3N2O2. The first-order chi connectivity index (χ1) is 9.85. The normalized spacial score (nSPS) is 11.4. The molecule has 2 N–H and O–H groups in total. The second kappa shape index (κ2) is 5.90. The van der Waals surface area contributed by atoms with Gasteiger partial charge in [-0.3, -0.25) is 4.79 Å². The van der Waals surface area contributed by atoms with Gasteiger partial charge in [-0.1, -0.05) is 12.1 Å². The third-order valence-corrected chi connectivity index (χ3v) is 2.80. The average molecular weight is 298 g/mol. The SMILES string of the molecule is O=C(NCc1ccc(O)cc1)c1cccn1CC(F)(F)F. The lowest BCUT2D eigenvalue weighted by Crippen LogP contribution is -2.27. The van der Waals surface area contributed by atoms with Crippen LogP contribution >= 0.6 is 0 Å². The number of nitrogens with one attached hydrogen (secondary N) is 1. The van der Waals surface area contributed by atoms with Crippen molar-refractivity contribution in [2.75, 3.05) is 0 Å². The number of carbonyl (C=O) groups is 1. The van der Waals surface area contributed by atoms with Crippen LogP contribution in [0.25, 0.3) is 0 Å². The molecule has 0 saturated carbocycles. The van der Waals surface area contributed by atoms with Crippen molar-refractivity contribution in [3.05, 3.63) is 53.9 Å². The molecule has 0 unspecified atom stereocenters. The van der Waals surface area contributed by atoms with Gasteiger partial charge in [0.2, 0.25) is 0 Å². The van der Waals surface area contributed by atoms with Gasteiger partial charge in [-0.2, -0.15) is 13.2 Å². The number of aromatic hydroxyl groups is 1. The van der Waals surface area contributed by atoms with E-state index in [1.165, 1.54) is 30.5 Å². The van der Waals surface area contributed by atoms with Crippen LogP contribution in [-0.4, -0.2) is 21.8 Å². The first-order valence-corrected chi connectivity index (χ1v) is 6.13. The molecular weight excluding hydrogens is 285 g/mol. The van der Waals surface area contributed by atoms with Crippen LogP contribution in [-0.2, 0) is 13.1 Å². The predicted molar refractivity (Wildman–Crippen MR) is 69.8 cm³/mol. The van der Waals surface area contributed by atoms with Gasteiger partial charge in [0.25, 0.3) is 5.91 Å². The van der Waals surface area contributed by atoms with E-state index in [2.05, 4.69) is 5.32 Å². The Balaban J connectivity index is 2.01. The number of halogens is 3. The number of carbonyl (C=O) groups excluding carboxylic acids is 1. The molecule has 1 amide bonds. The van der Waals surface area contributed by atoms with E-state index in [4.69, 9.17) is 5.11 Å². The number of rotatable bonds is 4. The van der Waals surface area contributed by atoms with Crippen molar-refractivity contribution in [3.63, 3.8) is 0 Å². The summed E-state index contributed by atoms with van der Waals surface area (Å²) in [6.07, 6.45) is -3.17. The minimum absolute atomic E-state index is 0.0499. The number of nitrogens with zero attached hydrogens (tertiary/aromatic N) is 1. The predicted octanol–water partition coefficient (Wildman–Crippen LogP) is 2.69. The minimum atomic E-state index is -4.38.